The van der Waals surface area contributed by atoms with Crippen LogP contribution in [0.4, 0.5) is 0 Å². The molecule has 0 bridgehead atoms. The number of likely N-dealkylation sites (N-methyl/N-ethyl adjacent to an activating group) is 2. The smallest absolute Gasteiger partial charge is 0.0611 e. The van der Waals surface area contributed by atoms with Gasteiger partial charge >= 0.3 is 0 Å². The van der Waals surface area contributed by atoms with E-state index in [4.69, 9.17) is 0 Å². The van der Waals surface area contributed by atoms with Crippen LogP contribution in [-0.2, 0) is 12.8 Å². The lowest BCUT2D eigenvalue weighted by Gasteiger charge is -2.38. The van der Waals surface area contributed by atoms with Crippen LogP contribution in [0.15, 0.2) is 18.3 Å². The number of piperazine rings is 1. The van der Waals surface area contributed by atoms with Gasteiger partial charge in [0.2, 0.25) is 0 Å². The molecule has 1 N–H and O–H groups in total. The lowest BCUT2D eigenvalue weighted by atomic mass is 10.0. The number of aliphatic hydroxyl groups is 1. The molecule has 112 valence electrons. The van der Waals surface area contributed by atoms with E-state index in [1.807, 2.05) is 12.3 Å². The average molecular weight is 277 g/mol. The molecule has 4 heteroatoms. The van der Waals surface area contributed by atoms with Crippen molar-refractivity contribution in [2.24, 2.45) is 0 Å². The molecule has 20 heavy (non-hydrogen) atoms. The molecule has 0 aromatic carbocycles. The zero-order valence-electron chi connectivity index (χ0n) is 12.9. The van der Waals surface area contributed by atoms with Crippen LogP contribution in [0.2, 0.25) is 0 Å². The molecule has 1 aromatic heterocycles. The molecule has 1 aliphatic heterocycles. The minimum atomic E-state index is -0.311. The van der Waals surface area contributed by atoms with Crippen LogP contribution in [0.5, 0.6) is 0 Å². The molecule has 1 aliphatic rings. The van der Waals surface area contributed by atoms with Crippen LogP contribution in [0, 0.1) is 0 Å². The van der Waals surface area contributed by atoms with Crippen LogP contribution in [0.3, 0.4) is 0 Å². The summed E-state index contributed by atoms with van der Waals surface area (Å²) >= 11 is 0. The highest BCUT2D eigenvalue weighted by Gasteiger charge is 2.24. The van der Waals surface area contributed by atoms with Crippen molar-refractivity contribution in [1.82, 2.24) is 14.8 Å². The SMILES string of the molecule is CCc1ccc(CC(O)CC2CN(C)CCN2C)nc1. The Balaban J connectivity index is 1.86. The molecule has 2 heterocycles. The molecule has 0 saturated carbocycles. The first-order valence-corrected chi connectivity index (χ1v) is 7.59. The number of aliphatic hydroxyl groups excluding tert-OH is 1. The second kappa shape index (κ2) is 7.16. The third-order valence-corrected chi connectivity index (χ3v) is 4.26. The molecule has 4 nitrogen and oxygen atoms in total. The standard InChI is InChI=1S/C16H27N3O/c1-4-13-5-6-14(17-11-13)9-16(20)10-15-12-18(2)7-8-19(15)3/h5-6,11,15-16,20H,4,7-10,12H2,1-3H3. The van der Waals surface area contributed by atoms with Crippen molar-refractivity contribution in [3.05, 3.63) is 29.6 Å². The molecule has 0 aliphatic carbocycles. The van der Waals surface area contributed by atoms with Gasteiger partial charge in [-0.1, -0.05) is 13.0 Å². The maximum absolute atomic E-state index is 10.3. The number of aryl methyl sites for hydroxylation is 1. The second-order valence-corrected chi connectivity index (χ2v) is 6.00. The van der Waals surface area contributed by atoms with Crippen LogP contribution < -0.4 is 0 Å². The Kier molecular flexibility index (Phi) is 5.52. The predicted octanol–water partition coefficient (Wildman–Crippen LogP) is 1.18. The summed E-state index contributed by atoms with van der Waals surface area (Å²) < 4.78 is 0. The summed E-state index contributed by atoms with van der Waals surface area (Å²) in [4.78, 5) is 9.13. The van der Waals surface area contributed by atoms with Crippen molar-refractivity contribution in [1.29, 1.82) is 0 Å². The number of hydrogen-bond acceptors (Lipinski definition) is 4. The van der Waals surface area contributed by atoms with E-state index in [9.17, 15) is 5.11 Å². The summed E-state index contributed by atoms with van der Waals surface area (Å²) in [6, 6.07) is 4.59. The molecule has 2 atom stereocenters. The normalized spacial score (nSPS) is 22.9. The molecule has 0 radical (unpaired) electrons. The first-order chi connectivity index (χ1) is 9.58. The maximum Gasteiger partial charge on any atom is 0.0611 e. The second-order valence-electron chi connectivity index (χ2n) is 6.00. The van der Waals surface area contributed by atoms with Gasteiger partial charge in [0.25, 0.3) is 0 Å². The summed E-state index contributed by atoms with van der Waals surface area (Å²) in [5.74, 6) is 0. The van der Waals surface area contributed by atoms with Gasteiger partial charge in [-0.25, -0.2) is 0 Å². The third kappa shape index (κ3) is 4.27. The Labute approximate surface area is 122 Å². The van der Waals surface area contributed by atoms with Gasteiger partial charge in [0.05, 0.1) is 6.10 Å². The van der Waals surface area contributed by atoms with Gasteiger partial charge in [-0.3, -0.25) is 4.98 Å². The van der Waals surface area contributed by atoms with Crippen LogP contribution in [0.1, 0.15) is 24.6 Å². The maximum atomic E-state index is 10.3. The lowest BCUT2D eigenvalue weighted by molar-refractivity contribution is 0.0635. The van der Waals surface area contributed by atoms with E-state index in [-0.39, 0.29) is 6.10 Å². The number of aromatic nitrogens is 1. The van der Waals surface area contributed by atoms with E-state index < -0.39 is 0 Å². The fourth-order valence-electron chi connectivity index (χ4n) is 2.78. The number of hydrogen-bond donors (Lipinski definition) is 1. The van der Waals surface area contributed by atoms with Gasteiger partial charge in [0.1, 0.15) is 0 Å². The van der Waals surface area contributed by atoms with E-state index in [0.29, 0.717) is 12.5 Å². The summed E-state index contributed by atoms with van der Waals surface area (Å²) in [5, 5.41) is 10.3. The summed E-state index contributed by atoms with van der Waals surface area (Å²) in [7, 11) is 4.30. The quantitative estimate of drug-likeness (QED) is 0.877. The molecule has 2 unspecified atom stereocenters. The third-order valence-electron chi connectivity index (χ3n) is 4.26. The zero-order valence-corrected chi connectivity index (χ0v) is 12.9. The van der Waals surface area contributed by atoms with E-state index in [1.165, 1.54) is 5.56 Å². The Morgan fingerprint density at radius 1 is 1.35 bits per heavy atom. The Morgan fingerprint density at radius 3 is 2.80 bits per heavy atom. The average Bonchev–Trinajstić information content (AvgIpc) is 2.43. The van der Waals surface area contributed by atoms with Crippen molar-refractivity contribution in [2.45, 2.75) is 38.3 Å². The number of nitrogens with zero attached hydrogens (tertiary/aromatic N) is 3. The van der Waals surface area contributed by atoms with Crippen molar-refractivity contribution in [3.8, 4) is 0 Å². The van der Waals surface area contributed by atoms with Crippen molar-refractivity contribution < 1.29 is 5.11 Å². The molecule has 0 spiro atoms. The molecule has 1 aromatic rings. The van der Waals surface area contributed by atoms with Gasteiger partial charge in [-0.05, 0) is 38.6 Å². The van der Waals surface area contributed by atoms with E-state index in [2.05, 4.69) is 41.9 Å². The predicted molar refractivity (Wildman–Crippen MR) is 81.9 cm³/mol. The summed E-state index contributed by atoms with van der Waals surface area (Å²) in [6.07, 6.45) is 4.09. The topological polar surface area (TPSA) is 39.6 Å². The fraction of sp³-hybridized carbons (Fsp3) is 0.688. The van der Waals surface area contributed by atoms with E-state index >= 15 is 0 Å². The van der Waals surface area contributed by atoms with Crippen molar-refractivity contribution >= 4 is 0 Å². The minimum absolute atomic E-state index is 0.311. The van der Waals surface area contributed by atoms with Crippen LogP contribution in [0.25, 0.3) is 0 Å². The molecular formula is C16H27N3O. The molecule has 0 amide bonds. The van der Waals surface area contributed by atoms with Gasteiger partial charge < -0.3 is 14.9 Å². The van der Waals surface area contributed by atoms with Gasteiger partial charge in [0.15, 0.2) is 0 Å². The minimum Gasteiger partial charge on any atom is -0.393 e. The monoisotopic (exact) mass is 277 g/mol. The van der Waals surface area contributed by atoms with Crippen molar-refractivity contribution in [3.63, 3.8) is 0 Å². The summed E-state index contributed by atoms with van der Waals surface area (Å²) in [5.41, 5.74) is 2.23. The highest BCUT2D eigenvalue weighted by molar-refractivity contribution is 5.14. The van der Waals surface area contributed by atoms with Gasteiger partial charge in [-0.15, -0.1) is 0 Å². The highest BCUT2D eigenvalue weighted by atomic mass is 16.3. The Morgan fingerprint density at radius 2 is 2.15 bits per heavy atom. The van der Waals surface area contributed by atoms with Crippen LogP contribution in [-0.4, -0.2) is 65.8 Å². The lowest BCUT2D eigenvalue weighted by Crippen LogP contribution is -2.51. The summed E-state index contributed by atoms with van der Waals surface area (Å²) in [6.45, 7) is 5.36. The Hall–Kier alpha value is -0.970. The number of pyridine rings is 1. The molecule has 1 saturated heterocycles. The van der Waals surface area contributed by atoms with Gasteiger partial charge in [0, 0.05) is 44.0 Å². The van der Waals surface area contributed by atoms with Crippen molar-refractivity contribution in [2.75, 3.05) is 33.7 Å². The Bertz CT molecular complexity index is 407. The van der Waals surface area contributed by atoms with Crippen LogP contribution >= 0.6 is 0 Å². The number of rotatable bonds is 5. The molecule has 1 fully saturated rings. The fourth-order valence-corrected chi connectivity index (χ4v) is 2.78. The highest BCUT2D eigenvalue weighted by Crippen LogP contribution is 2.14. The van der Waals surface area contributed by atoms with Gasteiger partial charge in [-0.2, -0.15) is 0 Å². The largest absolute Gasteiger partial charge is 0.393 e. The van der Waals surface area contributed by atoms with E-state index in [1.54, 1.807) is 0 Å². The first kappa shape index (κ1) is 15.4. The zero-order chi connectivity index (χ0) is 14.5. The first-order valence-electron chi connectivity index (χ1n) is 7.59. The molecular weight excluding hydrogens is 250 g/mol. The van der Waals surface area contributed by atoms with E-state index in [0.717, 1.165) is 38.2 Å². The molecule has 2 rings (SSSR count).